The van der Waals surface area contributed by atoms with Gasteiger partial charge in [-0.1, -0.05) is 11.8 Å². The Balaban J connectivity index is 2.05. The van der Waals surface area contributed by atoms with Crippen molar-refractivity contribution in [1.82, 2.24) is 10.2 Å². The van der Waals surface area contributed by atoms with E-state index in [2.05, 4.69) is 10.2 Å². The molecule has 2 aromatic rings. The quantitative estimate of drug-likeness (QED) is 0.676. The summed E-state index contributed by atoms with van der Waals surface area (Å²) in [4.78, 5) is 11.8. The maximum Gasteiger partial charge on any atom is 0.277 e. The predicted molar refractivity (Wildman–Crippen MR) is 62.2 cm³/mol. The summed E-state index contributed by atoms with van der Waals surface area (Å²) in [6, 6.07) is 3.22. The molecular weight excluding hydrogens is 259 g/mol. The van der Waals surface area contributed by atoms with Gasteiger partial charge in [-0.25, -0.2) is 4.39 Å². The third kappa shape index (κ3) is 2.86. The minimum atomic E-state index is -0.574. The molecule has 0 saturated carbocycles. The SMILES string of the molecule is Cc1nnc(SCC(=O)c2cc(F)ccc2O)o1. The molecule has 0 saturated heterocycles. The van der Waals surface area contributed by atoms with Gasteiger partial charge < -0.3 is 9.52 Å². The number of halogens is 1. The Morgan fingerprint density at radius 3 is 2.94 bits per heavy atom. The van der Waals surface area contributed by atoms with Gasteiger partial charge in [-0.15, -0.1) is 10.2 Å². The fraction of sp³-hybridized carbons (Fsp3) is 0.182. The summed E-state index contributed by atoms with van der Waals surface area (Å²) in [6.45, 7) is 1.64. The molecule has 7 heteroatoms. The normalized spacial score (nSPS) is 10.6. The Hall–Kier alpha value is -1.89. The van der Waals surface area contributed by atoms with Crippen molar-refractivity contribution < 1.29 is 18.7 Å². The molecule has 5 nitrogen and oxygen atoms in total. The Morgan fingerprint density at radius 1 is 1.50 bits per heavy atom. The van der Waals surface area contributed by atoms with Crippen LogP contribution < -0.4 is 0 Å². The lowest BCUT2D eigenvalue weighted by Crippen LogP contribution is -2.03. The first-order chi connectivity index (χ1) is 8.56. The lowest BCUT2D eigenvalue weighted by molar-refractivity contribution is 0.101. The molecule has 0 spiro atoms. The molecule has 1 heterocycles. The number of benzene rings is 1. The molecular formula is C11H9FN2O3S. The van der Waals surface area contributed by atoms with E-state index in [9.17, 15) is 14.3 Å². The highest BCUT2D eigenvalue weighted by Gasteiger charge is 2.14. The third-order valence-corrected chi connectivity index (χ3v) is 2.91. The Kier molecular flexibility index (Phi) is 3.61. The van der Waals surface area contributed by atoms with Gasteiger partial charge in [-0.05, 0) is 18.2 Å². The number of hydrogen-bond donors (Lipinski definition) is 1. The van der Waals surface area contributed by atoms with Gasteiger partial charge in [0.15, 0.2) is 5.78 Å². The first kappa shape index (κ1) is 12.6. The number of thioether (sulfide) groups is 1. The van der Waals surface area contributed by atoms with Crippen LogP contribution in [0.5, 0.6) is 5.75 Å². The van der Waals surface area contributed by atoms with Crippen LogP contribution in [-0.2, 0) is 0 Å². The third-order valence-electron chi connectivity index (χ3n) is 2.09. The van der Waals surface area contributed by atoms with Crippen molar-refractivity contribution in [1.29, 1.82) is 0 Å². The predicted octanol–water partition coefficient (Wildman–Crippen LogP) is 2.20. The van der Waals surface area contributed by atoms with Gasteiger partial charge in [0.05, 0.1) is 11.3 Å². The van der Waals surface area contributed by atoms with Crippen molar-refractivity contribution in [2.24, 2.45) is 0 Å². The summed E-state index contributed by atoms with van der Waals surface area (Å²) in [5.74, 6) is -0.844. The number of hydrogen-bond acceptors (Lipinski definition) is 6. The number of Topliss-reactive ketones (excluding diaryl/α,β-unsaturated/α-hetero) is 1. The number of carbonyl (C=O) groups is 1. The van der Waals surface area contributed by atoms with Crippen molar-refractivity contribution in [2.75, 3.05) is 5.75 Å². The van der Waals surface area contributed by atoms with Gasteiger partial charge in [0, 0.05) is 6.92 Å². The Labute approximate surface area is 106 Å². The molecule has 0 aliphatic heterocycles. The van der Waals surface area contributed by atoms with Gasteiger partial charge in [-0.3, -0.25) is 4.79 Å². The molecule has 1 aromatic heterocycles. The Bertz CT molecular complexity index is 585. The summed E-state index contributed by atoms with van der Waals surface area (Å²) < 4.78 is 18.0. The van der Waals surface area contributed by atoms with E-state index in [1.54, 1.807) is 6.92 Å². The minimum Gasteiger partial charge on any atom is -0.507 e. The highest BCUT2D eigenvalue weighted by molar-refractivity contribution is 7.99. The van der Waals surface area contributed by atoms with Crippen LogP contribution in [0, 0.1) is 12.7 Å². The summed E-state index contributed by atoms with van der Waals surface area (Å²) in [7, 11) is 0. The van der Waals surface area contributed by atoms with E-state index in [0.29, 0.717) is 5.89 Å². The van der Waals surface area contributed by atoms with E-state index in [0.717, 1.165) is 30.0 Å². The van der Waals surface area contributed by atoms with Crippen LogP contribution in [0.4, 0.5) is 4.39 Å². The van der Waals surface area contributed by atoms with E-state index in [4.69, 9.17) is 4.42 Å². The van der Waals surface area contributed by atoms with Gasteiger partial charge in [0.25, 0.3) is 5.22 Å². The standard InChI is InChI=1S/C11H9FN2O3S/c1-6-13-14-11(17-6)18-5-10(16)8-4-7(12)2-3-9(8)15/h2-4,15H,5H2,1H3. The summed E-state index contributed by atoms with van der Waals surface area (Å²) in [5, 5.41) is 17.0. The minimum absolute atomic E-state index is 0.0152. The number of rotatable bonds is 4. The zero-order chi connectivity index (χ0) is 13.1. The molecule has 1 N–H and O–H groups in total. The van der Waals surface area contributed by atoms with E-state index < -0.39 is 11.6 Å². The van der Waals surface area contributed by atoms with Crippen LogP contribution in [0.25, 0.3) is 0 Å². The summed E-state index contributed by atoms with van der Waals surface area (Å²) in [6.07, 6.45) is 0. The summed E-state index contributed by atoms with van der Waals surface area (Å²) >= 11 is 1.04. The van der Waals surface area contributed by atoms with Crippen LogP contribution in [0.3, 0.4) is 0 Å². The number of phenols is 1. The smallest absolute Gasteiger partial charge is 0.277 e. The fourth-order valence-corrected chi connectivity index (χ4v) is 1.96. The Morgan fingerprint density at radius 2 is 2.28 bits per heavy atom. The van der Waals surface area contributed by atoms with Gasteiger partial charge >= 0.3 is 0 Å². The first-order valence-corrected chi connectivity index (χ1v) is 5.99. The van der Waals surface area contributed by atoms with Gasteiger partial charge in [0.1, 0.15) is 11.6 Å². The maximum atomic E-state index is 13.0. The van der Waals surface area contributed by atoms with E-state index in [1.807, 2.05) is 0 Å². The maximum absolute atomic E-state index is 13.0. The number of phenolic OH excluding ortho intramolecular Hbond substituents is 1. The fourth-order valence-electron chi connectivity index (χ4n) is 1.27. The average Bonchev–Trinajstić information content (AvgIpc) is 2.75. The first-order valence-electron chi connectivity index (χ1n) is 5.01. The number of ketones is 1. The second-order valence-corrected chi connectivity index (χ2v) is 4.39. The number of aryl methyl sites for hydroxylation is 1. The van der Waals surface area contributed by atoms with Gasteiger partial charge in [-0.2, -0.15) is 0 Å². The van der Waals surface area contributed by atoms with Crippen LogP contribution in [0.2, 0.25) is 0 Å². The molecule has 0 atom stereocenters. The van der Waals surface area contributed by atoms with Gasteiger partial charge in [0.2, 0.25) is 5.89 Å². The lowest BCUT2D eigenvalue weighted by Gasteiger charge is -2.02. The molecule has 0 bridgehead atoms. The molecule has 0 radical (unpaired) electrons. The number of aromatic hydroxyl groups is 1. The average molecular weight is 268 g/mol. The number of carbonyl (C=O) groups excluding carboxylic acids is 1. The molecule has 0 amide bonds. The molecule has 94 valence electrons. The monoisotopic (exact) mass is 268 g/mol. The van der Waals surface area contributed by atoms with E-state index in [1.165, 1.54) is 0 Å². The van der Waals surface area contributed by atoms with Crippen LogP contribution in [0.15, 0.2) is 27.8 Å². The highest BCUT2D eigenvalue weighted by Crippen LogP contribution is 2.22. The van der Waals surface area contributed by atoms with Crippen LogP contribution >= 0.6 is 11.8 Å². The van der Waals surface area contributed by atoms with Crippen LogP contribution in [0.1, 0.15) is 16.2 Å². The molecule has 1 aromatic carbocycles. The number of nitrogens with zero attached hydrogens (tertiary/aromatic N) is 2. The molecule has 0 fully saturated rings. The largest absolute Gasteiger partial charge is 0.507 e. The van der Waals surface area contributed by atoms with Crippen molar-refractivity contribution in [3.05, 3.63) is 35.5 Å². The zero-order valence-corrected chi connectivity index (χ0v) is 10.2. The number of aromatic nitrogens is 2. The molecule has 0 aliphatic rings. The van der Waals surface area contributed by atoms with Crippen molar-refractivity contribution in [3.8, 4) is 5.75 Å². The molecule has 2 rings (SSSR count). The summed E-state index contributed by atoms with van der Waals surface area (Å²) in [5.41, 5.74) is -0.0567. The molecule has 0 aliphatic carbocycles. The van der Waals surface area contributed by atoms with Crippen molar-refractivity contribution in [2.45, 2.75) is 12.1 Å². The van der Waals surface area contributed by atoms with E-state index >= 15 is 0 Å². The van der Waals surface area contributed by atoms with Crippen molar-refractivity contribution in [3.63, 3.8) is 0 Å². The zero-order valence-electron chi connectivity index (χ0n) is 9.38. The highest BCUT2D eigenvalue weighted by atomic mass is 32.2. The lowest BCUT2D eigenvalue weighted by atomic mass is 10.1. The van der Waals surface area contributed by atoms with Crippen molar-refractivity contribution >= 4 is 17.5 Å². The second-order valence-electron chi connectivity index (χ2n) is 3.46. The van der Waals surface area contributed by atoms with Crippen LogP contribution in [-0.4, -0.2) is 26.8 Å². The topological polar surface area (TPSA) is 76.2 Å². The molecule has 0 unspecified atom stereocenters. The van der Waals surface area contributed by atoms with E-state index in [-0.39, 0.29) is 22.3 Å². The molecule has 18 heavy (non-hydrogen) atoms. The second kappa shape index (κ2) is 5.18.